The predicted molar refractivity (Wildman–Crippen MR) is 80.3 cm³/mol. The lowest BCUT2D eigenvalue weighted by molar-refractivity contribution is -0.00764. The van der Waals surface area contributed by atoms with Crippen molar-refractivity contribution in [3.63, 3.8) is 0 Å². The van der Waals surface area contributed by atoms with Gasteiger partial charge in [0, 0.05) is 18.7 Å². The molecule has 1 atom stereocenters. The van der Waals surface area contributed by atoms with Crippen LogP contribution in [0.4, 0.5) is 0 Å². The lowest BCUT2D eigenvalue weighted by Gasteiger charge is -2.41. The van der Waals surface area contributed by atoms with Gasteiger partial charge in [-0.15, -0.1) is 0 Å². The van der Waals surface area contributed by atoms with Gasteiger partial charge in [0.2, 0.25) is 0 Å². The smallest absolute Gasteiger partial charge is 0.138 e. The van der Waals surface area contributed by atoms with Crippen molar-refractivity contribution in [2.45, 2.75) is 32.2 Å². The Morgan fingerprint density at radius 3 is 2.67 bits per heavy atom. The summed E-state index contributed by atoms with van der Waals surface area (Å²) in [4.78, 5) is 2.28. The maximum absolute atomic E-state index is 10.0. The van der Waals surface area contributed by atoms with Gasteiger partial charge in [-0.3, -0.25) is 4.90 Å². The van der Waals surface area contributed by atoms with Crippen molar-refractivity contribution in [1.82, 2.24) is 4.90 Å². The molecule has 4 nitrogen and oxygen atoms in total. The topological polar surface area (TPSA) is 45.5 Å². The fourth-order valence-electron chi connectivity index (χ4n) is 3.40. The van der Waals surface area contributed by atoms with Gasteiger partial charge in [0.05, 0.1) is 25.9 Å². The summed E-state index contributed by atoms with van der Waals surface area (Å²) in [5.74, 6) is 0.917. The van der Waals surface area contributed by atoms with Crippen LogP contribution < -0.4 is 4.74 Å². The van der Waals surface area contributed by atoms with Crippen molar-refractivity contribution in [3.05, 3.63) is 28.8 Å². The molecule has 3 rings (SSSR count). The number of fused-ring (bicyclic) bond motifs is 1. The molecule has 0 amide bonds. The van der Waals surface area contributed by atoms with Crippen LogP contribution in [0.1, 0.15) is 29.5 Å². The maximum Gasteiger partial charge on any atom is 0.138 e. The monoisotopic (exact) mass is 286 g/mol. The third-order valence-corrected chi connectivity index (χ3v) is 4.79. The summed E-state index contributed by atoms with van der Waals surface area (Å²) in [6.45, 7) is 7.87. The molecule has 1 aromatic carbocycles. The van der Waals surface area contributed by atoms with Gasteiger partial charge in [0.15, 0.2) is 0 Å². The van der Waals surface area contributed by atoms with Crippen LogP contribution in [0, 0.1) is 25.2 Å². The summed E-state index contributed by atoms with van der Waals surface area (Å²) in [5, 5.41) is 10.0. The Balaban J connectivity index is 2.13. The molecule has 2 heterocycles. The number of hydrogen-bond donors (Lipinski definition) is 0. The largest absolute Gasteiger partial charge is 0.493 e. The zero-order valence-corrected chi connectivity index (χ0v) is 12.8. The Bertz CT molecular complexity index is 573. The van der Waals surface area contributed by atoms with Gasteiger partial charge in [-0.1, -0.05) is 12.1 Å². The number of ether oxygens (including phenoxy) is 2. The SMILES string of the molecule is Cc1ccc2c(c1C)OCCCC2(C#N)N1CCOCC1. The van der Waals surface area contributed by atoms with Crippen LogP contribution in [0.3, 0.4) is 0 Å². The van der Waals surface area contributed by atoms with Gasteiger partial charge >= 0.3 is 0 Å². The van der Waals surface area contributed by atoms with E-state index in [0.717, 1.165) is 42.8 Å². The molecule has 1 saturated heterocycles. The average molecular weight is 286 g/mol. The van der Waals surface area contributed by atoms with E-state index in [1.807, 2.05) is 0 Å². The second-order valence-corrected chi connectivity index (χ2v) is 5.91. The quantitative estimate of drug-likeness (QED) is 0.796. The van der Waals surface area contributed by atoms with Crippen LogP contribution in [0.25, 0.3) is 0 Å². The van der Waals surface area contributed by atoms with Gasteiger partial charge in [0.25, 0.3) is 0 Å². The zero-order valence-electron chi connectivity index (χ0n) is 12.8. The third kappa shape index (κ3) is 2.31. The molecule has 0 aromatic heterocycles. The standard InChI is InChI=1S/C17H22N2O2/c1-13-4-5-15-16(14(13)2)21-9-3-6-17(15,12-18)19-7-10-20-11-8-19/h4-5H,3,6-11H2,1-2H3. The second kappa shape index (κ2) is 5.67. The van der Waals surface area contributed by atoms with Gasteiger partial charge in [-0.2, -0.15) is 5.26 Å². The molecular weight excluding hydrogens is 264 g/mol. The highest BCUT2D eigenvalue weighted by Gasteiger charge is 2.43. The first-order chi connectivity index (χ1) is 10.2. The summed E-state index contributed by atoms with van der Waals surface area (Å²) < 4.78 is 11.5. The number of aryl methyl sites for hydroxylation is 1. The molecule has 1 unspecified atom stereocenters. The number of nitriles is 1. The highest BCUT2D eigenvalue weighted by Crippen LogP contribution is 2.43. The van der Waals surface area contributed by atoms with Crippen molar-refractivity contribution < 1.29 is 9.47 Å². The lowest BCUT2D eigenvalue weighted by atomic mass is 9.83. The number of rotatable bonds is 1. The molecule has 2 aliphatic rings. The van der Waals surface area contributed by atoms with E-state index < -0.39 is 5.54 Å². The van der Waals surface area contributed by atoms with Crippen LogP contribution in [0.5, 0.6) is 5.75 Å². The lowest BCUT2D eigenvalue weighted by Crippen LogP contribution is -2.50. The molecule has 0 N–H and O–H groups in total. The first-order valence-electron chi connectivity index (χ1n) is 7.66. The molecule has 4 heteroatoms. The molecule has 1 aromatic rings. The predicted octanol–water partition coefficient (Wildman–Crippen LogP) is 2.53. The average Bonchev–Trinajstić information content (AvgIpc) is 2.72. The molecule has 0 radical (unpaired) electrons. The van der Waals surface area contributed by atoms with Crippen LogP contribution in [-0.4, -0.2) is 37.8 Å². The van der Waals surface area contributed by atoms with E-state index in [9.17, 15) is 5.26 Å². The van der Waals surface area contributed by atoms with Crippen molar-refractivity contribution in [2.24, 2.45) is 0 Å². The molecule has 0 saturated carbocycles. The van der Waals surface area contributed by atoms with Crippen LogP contribution in [0.15, 0.2) is 12.1 Å². The number of nitrogens with zero attached hydrogens (tertiary/aromatic N) is 2. The van der Waals surface area contributed by atoms with E-state index in [2.05, 4.69) is 36.9 Å². The van der Waals surface area contributed by atoms with Crippen LogP contribution in [0.2, 0.25) is 0 Å². The van der Waals surface area contributed by atoms with E-state index in [1.165, 1.54) is 5.56 Å². The Labute approximate surface area is 126 Å². The summed E-state index contributed by atoms with van der Waals surface area (Å²) in [7, 11) is 0. The minimum absolute atomic E-state index is 0.575. The van der Waals surface area contributed by atoms with E-state index >= 15 is 0 Å². The second-order valence-electron chi connectivity index (χ2n) is 5.91. The summed E-state index contributed by atoms with van der Waals surface area (Å²) in [5.41, 5.74) is 2.83. The van der Waals surface area contributed by atoms with E-state index in [4.69, 9.17) is 9.47 Å². The molecule has 0 spiro atoms. The van der Waals surface area contributed by atoms with Gasteiger partial charge in [0.1, 0.15) is 11.3 Å². The first-order valence-corrected chi connectivity index (χ1v) is 7.66. The fourth-order valence-corrected chi connectivity index (χ4v) is 3.40. The Morgan fingerprint density at radius 1 is 1.19 bits per heavy atom. The number of morpholine rings is 1. The van der Waals surface area contributed by atoms with Crippen LogP contribution >= 0.6 is 0 Å². The molecule has 21 heavy (non-hydrogen) atoms. The molecule has 0 aliphatic carbocycles. The van der Waals surface area contributed by atoms with Gasteiger partial charge in [-0.25, -0.2) is 0 Å². The Hall–Kier alpha value is -1.57. The summed E-state index contributed by atoms with van der Waals surface area (Å²) in [6, 6.07) is 6.81. The maximum atomic E-state index is 10.0. The van der Waals surface area contributed by atoms with Crippen molar-refractivity contribution in [3.8, 4) is 11.8 Å². The Kier molecular flexibility index (Phi) is 3.88. The summed E-state index contributed by atoms with van der Waals surface area (Å²) in [6.07, 6.45) is 1.72. The van der Waals surface area contributed by atoms with Crippen molar-refractivity contribution >= 4 is 0 Å². The number of hydrogen-bond acceptors (Lipinski definition) is 4. The van der Waals surface area contributed by atoms with Crippen molar-refractivity contribution in [2.75, 3.05) is 32.9 Å². The van der Waals surface area contributed by atoms with E-state index in [-0.39, 0.29) is 0 Å². The van der Waals surface area contributed by atoms with Crippen LogP contribution in [-0.2, 0) is 10.3 Å². The van der Waals surface area contributed by atoms with Gasteiger partial charge in [-0.05, 0) is 37.8 Å². The number of benzene rings is 1. The highest BCUT2D eigenvalue weighted by molar-refractivity contribution is 5.51. The normalized spacial score (nSPS) is 26.3. The van der Waals surface area contributed by atoms with Gasteiger partial charge < -0.3 is 9.47 Å². The minimum atomic E-state index is -0.575. The molecule has 1 fully saturated rings. The summed E-state index contributed by atoms with van der Waals surface area (Å²) >= 11 is 0. The van der Waals surface area contributed by atoms with E-state index in [0.29, 0.717) is 19.8 Å². The minimum Gasteiger partial charge on any atom is -0.493 e. The molecular formula is C17H22N2O2. The first kappa shape index (κ1) is 14.4. The third-order valence-electron chi connectivity index (χ3n) is 4.79. The molecule has 0 bridgehead atoms. The zero-order chi connectivity index (χ0) is 14.9. The Morgan fingerprint density at radius 2 is 1.95 bits per heavy atom. The van der Waals surface area contributed by atoms with Crippen molar-refractivity contribution in [1.29, 1.82) is 5.26 Å². The molecule has 2 aliphatic heterocycles. The molecule has 112 valence electrons. The fraction of sp³-hybridized carbons (Fsp3) is 0.588. The highest BCUT2D eigenvalue weighted by atomic mass is 16.5. The van der Waals surface area contributed by atoms with E-state index in [1.54, 1.807) is 0 Å².